The fourth-order valence-electron chi connectivity index (χ4n) is 3.87. The fourth-order valence-corrected chi connectivity index (χ4v) is 3.87. The second-order valence-corrected chi connectivity index (χ2v) is 8.06. The minimum absolute atomic E-state index is 0.0262. The van der Waals surface area contributed by atoms with Crippen LogP contribution >= 0.6 is 0 Å². The third-order valence-corrected chi connectivity index (χ3v) is 5.61. The molecule has 1 aliphatic rings. The molecule has 1 saturated heterocycles. The molecule has 0 bridgehead atoms. The topological polar surface area (TPSA) is 114 Å². The highest BCUT2D eigenvalue weighted by Gasteiger charge is 2.17. The van der Waals surface area contributed by atoms with Gasteiger partial charge < -0.3 is 20.6 Å². The van der Waals surface area contributed by atoms with Crippen molar-refractivity contribution in [1.82, 2.24) is 15.3 Å². The summed E-state index contributed by atoms with van der Waals surface area (Å²) in [5.41, 5.74) is 5.00. The number of aromatic nitrogens is 2. The number of aryl methyl sites for hydroxylation is 1. The van der Waals surface area contributed by atoms with Crippen molar-refractivity contribution in [1.29, 1.82) is 5.26 Å². The number of rotatable bonds is 6. The number of nitrogens with one attached hydrogen (secondary N) is 2. The van der Waals surface area contributed by atoms with Gasteiger partial charge in [-0.05, 0) is 61.7 Å². The van der Waals surface area contributed by atoms with Crippen molar-refractivity contribution >= 4 is 23.2 Å². The van der Waals surface area contributed by atoms with Crippen molar-refractivity contribution in [3.8, 4) is 17.3 Å². The first-order valence-electron chi connectivity index (χ1n) is 10.9. The maximum atomic E-state index is 12.0. The summed E-state index contributed by atoms with van der Waals surface area (Å²) >= 11 is 0. The molecular formula is C25H26N6O2. The van der Waals surface area contributed by atoms with Gasteiger partial charge in [0.1, 0.15) is 6.54 Å². The van der Waals surface area contributed by atoms with E-state index in [4.69, 9.17) is 5.26 Å². The van der Waals surface area contributed by atoms with Crippen LogP contribution in [0.2, 0.25) is 0 Å². The number of carbonyl (C=O) groups is 1. The number of aliphatic hydroxyl groups is 1. The van der Waals surface area contributed by atoms with Gasteiger partial charge in [-0.2, -0.15) is 5.26 Å². The van der Waals surface area contributed by atoms with Gasteiger partial charge in [0, 0.05) is 41.8 Å². The van der Waals surface area contributed by atoms with Crippen molar-refractivity contribution in [2.75, 3.05) is 29.9 Å². The number of nitriles is 1. The van der Waals surface area contributed by atoms with Crippen molar-refractivity contribution in [3.05, 3.63) is 65.9 Å². The van der Waals surface area contributed by atoms with Crippen molar-refractivity contribution in [3.63, 3.8) is 0 Å². The first-order chi connectivity index (χ1) is 16.0. The van der Waals surface area contributed by atoms with Crippen LogP contribution in [0.5, 0.6) is 0 Å². The number of carbonyl (C=O) groups excluding carboxylic acids is 1. The molecular weight excluding hydrogens is 416 g/mol. The molecule has 1 aromatic heterocycles. The Morgan fingerprint density at radius 1 is 1.21 bits per heavy atom. The molecule has 168 valence electrons. The van der Waals surface area contributed by atoms with E-state index in [2.05, 4.69) is 25.5 Å². The zero-order valence-corrected chi connectivity index (χ0v) is 18.5. The minimum Gasteiger partial charge on any atom is -0.391 e. The Kier molecular flexibility index (Phi) is 6.81. The summed E-state index contributed by atoms with van der Waals surface area (Å²) in [6.45, 7) is 3.53. The quantitative estimate of drug-likeness (QED) is 0.501. The Balaban J connectivity index is 1.47. The average molecular weight is 443 g/mol. The van der Waals surface area contributed by atoms with Crippen LogP contribution in [-0.2, 0) is 0 Å². The van der Waals surface area contributed by atoms with E-state index in [1.54, 1.807) is 18.3 Å². The molecule has 2 heterocycles. The van der Waals surface area contributed by atoms with Crippen LogP contribution in [0.15, 0.2) is 54.7 Å². The zero-order valence-electron chi connectivity index (χ0n) is 18.5. The molecule has 3 N–H and O–H groups in total. The molecule has 1 atom stereocenters. The predicted molar refractivity (Wildman–Crippen MR) is 127 cm³/mol. The lowest BCUT2D eigenvalue weighted by Gasteiger charge is -2.32. The Hall–Kier alpha value is -3.96. The molecule has 0 spiro atoms. The highest BCUT2D eigenvalue weighted by atomic mass is 16.3. The molecule has 1 fully saturated rings. The minimum atomic E-state index is -0.285. The standard InChI is InChI=1S/C25H26N6O2/c1-17-15-28-25(29-20-8-10-21(11-9-20)31-14-2-3-22(32)16-31)30-23(17)18-4-6-19(7-5-18)24(33)27-13-12-26/h4-11,15,22,32H,2-3,13-14,16H2,1H3,(H,27,33)(H,28,29,30). The number of benzene rings is 2. The summed E-state index contributed by atoms with van der Waals surface area (Å²) in [5, 5.41) is 24.3. The predicted octanol–water partition coefficient (Wildman–Crippen LogP) is 3.41. The molecule has 8 heteroatoms. The van der Waals surface area contributed by atoms with Crippen LogP contribution in [0.4, 0.5) is 17.3 Å². The van der Waals surface area contributed by atoms with E-state index in [0.29, 0.717) is 18.1 Å². The zero-order chi connectivity index (χ0) is 23.2. The molecule has 3 aromatic rings. The molecule has 4 rings (SSSR count). The van der Waals surface area contributed by atoms with Gasteiger partial charge in [0.2, 0.25) is 5.95 Å². The van der Waals surface area contributed by atoms with Crippen LogP contribution in [0.3, 0.4) is 0 Å². The second-order valence-electron chi connectivity index (χ2n) is 8.06. The van der Waals surface area contributed by atoms with E-state index >= 15 is 0 Å². The van der Waals surface area contributed by atoms with E-state index in [0.717, 1.165) is 47.6 Å². The van der Waals surface area contributed by atoms with Crippen LogP contribution in [0, 0.1) is 18.3 Å². The molecule has 0 radical (unpaired) electrons. The number of nitrogens with zero attached hydrogens (tertiary/aromatic N) is 4. The van der Waals surface area contributed by atoms with Crippen LogP contribution in [0.25, 0.3) is 11.3 Å². The Morgan fingerprint density at radius 2 is 1.97 bits per heavy atom. The fraction of sp³-hybridized carbons (Fsp3) is 0.280. The van der Waals surface area contributed by atoms with E-state index in [1.165, 1.54) is 0 Å². The Morgan fingerprint density at radius 3 is 2.67 bits per heavy atom. The number of hydrogen-bond donors (Lipinski definition) is 3. The van der Waals surface area contributed by atoms with Crippen molar-refractivity contribution in [2.24, 2.45) is 0 Å². The van der Waals surface area contributed by atoms with Crippen molar-refractivity contribution in [2.45, 2.75) is 25.9 Å². The van der Waals surface area contributed by atoms with E-state index < -0.39 is 0 Å². The highest BCUT2D eigenvalue weighted by molar-refractivity contribution is 5.94. The van der Waals surface area contributed by atoms with Gasteiger partial charge in [0.25, 0.3) is 5.91 Å². The molecule has 0 aliphatic carbocycles. The maximum Gasteiger partial charge on any atom is 0.252 e. The summed E-state index contributed by atoms with van der Waals surface area (Å²) in [6.07, 6.45) is 3.35. The lowest BCUT2D eigenvalue weighted by molar-refractivity contribution is 0.0958. The van der Waals surface area contributed by atoms with Gasteiger partial charge in [-0.15, -0.1) is 0 Å². The van der Waals surface area contributed by atoms with Gasteiger partial charge in [0.15, 0.2) is 0 Å². The van der Waals surface area contributed by atoms with Crippen LogP contribution in [-0.4, -0.2) is 46.7 Å². The normalized spacial score (nSPS) is 15.5. The molecule has 2 aromatic carbocycles. The van der Waals surface area contributed by atoms with Gasteiger partial charge in [-0.25, -0.2) is 9.97 Å². The summed E-state index contributed by atoms with van der Waals surface area (Å²) in [5.74, 6) is 0.194. The molecule has 33 heavy (non-hydrogen) atoms. The lowest BCUT2D eigenvalue weighted by Crippen LogP contribution is -2.38. The van der Waals surface area contributed by atoms with Gasteiger partial charge in [-0.3, -0.25) is 4.79 Å². The summed E-state index contributed by atoms with van der Waals surface area (Å²) < 4.78 is 0. The third-order valence-electron chi connectivity index (χ3n) is 5.61. The van der Waals surface area contributed by atoms with E-state index in [1.807, 2.05) is 49.4 Å². The first-order valence-corrected chi connectivity index (χ1v) is 10.9. The lowest BCUT2D eigenvalue weighted by atomic mass is 10.1. The number of hydrogen-bond acceptors (Lipinski definition) is 7. The molecule has 0 saturated carbocycles. The molecule has 1 amide bonds. The summed E-state index contributed by atoms with van der Waals surface area (Å²) in [6, 6.07) is 17.0. The Bertz CT molecular complexity index is 1160. The third kappa shape index (κ3) is 5.45. The van der Waals surface area contributed by atoms with Gasteiger partial charge in [-0.1, -0.05) is 12.1 Å². The SMILES string of the molecule is Cc1cnc(Nc2ccc(N3CCCC(O)C3)cc2)nc1-c1ccc(C(=O)NCC#N)cc1. The molecule has 1 unspecified atom stereocenters. The maximum absolute atomic E-state index is 12.0. The van der Waals surface area contributed by atoms with Crippen molar-refractivity contribution < 1.29 is 9.90 Å². The highest BCUT2D eigenvalue weighted by Crippen LogP contribution is 2.25. The average Bonchev–Trinajstić information content (AvgIpc) is 2.84. The summed E-state index contributed by atoms with van der Waals surface area (Å²) in [4.78, 5) is 23.3. The monoisotopic (exact) mass is 442 g/mol. The van der Waals surface area contributed by atoms with Gasteiger partial charge in [0.05, 0.1) is 17.9 Å². The van der Waals surface area contributed by atoms with Gasteiger partial charge >= 0.3 is 0 Å². The van der Waals surface area contributed by atoms with Crippen LogP contribution in [0.1, 0.15) is 28.8 Å². The largest absolute Gasteiger partial charge is 0.391 e. The number of aliphatic hydroxyl groups excluding tert-OH is 1. The number of β-amino-alcohol motifs (C(OH)–C–C–N with tert-alkyl or cyclic N) is 1. The molecule has 1 aliphatic heterocycles. The summed E-state index contributed by atoms with van der Waals surface area (Å²) in [7, 11) is 0. The number of amides is 1. The number of piperidine rings is 1. The Labute approximate surface area is 192 Å². The first kappa shape index (κ1) is 22.2. The van der Waals surface area contributed by atoms with Crippen LogP contribution < -0.4 is 15.5 Å². The van der Waals surface area contributed by atoms with E-state index in [9.17, 15) is 9.90 Å². The molecule has 8 nitrogen and oxygen atoms in total. The van der Waals surface area contributed by atoms with E-state index in [-0.39, 0.29) is 18.6 Å². The number of anilines is 3. The second kappa shape index (κ2) is 10.1. The smallest absolute Gasteiger partial charge is 0.252 e.